The van der Waals surface area contributed by atoms with Crippen LogP contribution in [-0.4, -0.2) is 40.1 Å². The molecule has 0 spiro atoms. The zero-order valence-corrected chi connectivity index (χ0v) is 14.3. The molecule has 0 unspecified atom stereocenters. The van der Waals surface area contributed by atoms with Crippen LogP contribution in [0.3, 0.4) is 0 Å². The van der Waals surface area contributed by atoms with E-state index in [0.29, 0.717) is 11.3 Å². The lowest BCUT2D eigenvalue weighted by molar-refractivity contribution is 0.108. The maximum absolute atomic E-state index is 12.5. The topological polar surface area (TPSA) is 50.2 Å². The first-order valence-electron chi connectivity index (χ1n) is 9.19. The lowest BCUT2D eigenvalue weighted by atomic mass is 9.66. The molecule has 1 N–H and O–H groups in total. The van der Waals surface area contributed by atoms with Crippen molar-refractivity contribution in [1.82, 2.24) is 19.8 Å². The number of hydrogen-bond donors (Lipinski definition) is 1. The second-order valence-electron chi connectivity index (χ2n) is 7.48. The van der Waals surface area contributed by atoms with Crippen LogP contribution in [0.25, 0.3) is 0 Å². The number of imidazole rings is 1. The standard InChI is InChI=1S/C18H30N4O/c1-2-6-18(7-4-8-18)14-20-17(23)22-10-3-5-16(13-22)12-21-11-9-19-15-21/h9,11,15-16H,2-8,10,12-14H2,1H3,(H,20,23)/t16-/m0/s1. The number of aromatic nitrogens is 2. The number of nitrogens with zero attached hydrogens (tertiary/aromatic N) is 3. The lowest BCUT2D eigenvalue weighted by Crippen LogP contribution is -2.50. The largest absolute Gasteiger partial charge is 0.337 e. The molecule has 128 valence electrons. The van der Waals surface area contributed by atoms with Crippen LogP contribution < -0.4 is 5.32 Å². The number of hydrogen-bond acceptors (Lipinski definition) is 2. The maximum Gasteiger partial charge on any atom is 0.317 e. The van der Waals surface area contributed by atoms with Crippen molar-refractivity contribution in [3.8, 4) is 0 Å². The summed E-state index contributed by atoms with van der Waals surface area (Å²) in [6, 6.07) is 0.141. The highest BCUT2D eigenvalue weighted by atomic mass is 16.2. The Balaban J connectivity index is 1.47. The number of carbonyl (C=O) groups is 1. The molecular weight excluding hydrogens is 288 g/mol. The summed E-state index contributed by atoms with van der Waals surface area (Å²) in [7, 11) is 0. The van der Waals surface area contributed by atoms with Crippen LogP contribution in [0.15, 0.2) is 18.7 Å². The predicted molar refractivity (Wildman–Crippen MR) is 91.1 cm³/mol. The molecule has 1 saturated heterocycles. The van der Waals surface area contributed by atoms with E-state index in [1.54, 1.807) is 0 Å². The van der Waals surface area contributed by atoms with Crippen molar-refractivity contribution in [3.05, 3.63) is 18.7 Å². The molecule has 1 aliphatic carbocycles. The van der Waals surface area contributed by atoms with E-state index in [1.807, 2.05) is 23.6 Å². The third-order valence-electron chi connectivity index (χ3n) is 5.64. The summed E-state index contributed by atoms with van der Waals surface area (Å²) in [6.07, 6.45) is 14.3. The van der Waals surface area contributed by atoms with Crippen molar-refractivity contribution in [3.63, 3.8) is 0 Å². The molecule has 2 fully saturated rings. The average Bonchev–Trinajstić information content (AvgIpc) is 3.02. The molecule has 23 heavy (non-hydrogen) atoms. The van der Waals surface area contributed by atoms with Gasteiger partial charge in [-0.25, -0.2) is 9.78 Å². The van der Waals surface area contributed by atoms with E-state index in [-0.39, 0.29) is 6.03 Å². The zero-order valence-electron chi connectivity index (χ0n) is 14.3. The Morgan fingerprint density at radius 1 is 1.39 bits per heavy atom. The van der Waals surface area contributed by atoms with E-state index in [9.17, 15) is 4.79 Å². The molecule has 5 heteroatoms. The van der Waals surface area contributed by atoms with Crippen LogP contribution >= 0.6 is 0 Å². The van der Waals surface area contributed by atoms with Crippen LogP contribution in [0.5, 0.6) is 0 Å². The fourth-order valence-corrected chi connectivity index (χ4v) is 4.19. The molecule has 0 radical (unpaired) electrons. The SMILES string of the molecule is CCCC1(CNC(=O)N2CCC[C@@H](Cn3ccnc3)C2)CCC1. The fourth-order valence-electron chi connectivity index (χ4n) is 4.19. The van der Waals surface area contributed by atoms with Gasteiger partial charge < -0.3 is 14.8 Å². The summed E-state index contributed by atoms with van der Waals surface area (Å²) < 4.78 is 2.12. The Hall–Kier alpha value is -1.52. The minimum Gasteiger partial charge on any atom is -0.337 e. The molecule has 0 aromatic carbocycles. The second kappa shape index (κ2) is 7.37. The summed E-state index contributed by atoms with van der Waals surface area (Å²) in [5, 5.41) is 3.23. The molecule has 2 amide bonds. The molecule has 1 atom stereocenters. The summed E-state index contributed by atoms with van der Waals surface area (Å²) >= 11 is 0. The minimum absolute atomic E-state index is 0.141. The van der Waals surface area contributed by atoms with Gasteiger partial charge in [0.2, 0.25) is 0 Å². The third kappa shape index (κ3) is 4.06. The second-order valence-corrected chi connectivity index (χ2v) is 7.48. The molecule has 2 heterocycles. The highest BCUT2D eigenvalue weighted by molar-refractivity contribution is 5.74. The van der Waals surface area contributed by atoms with Gasteiger partial charge in [0.05, 0.1) is 6.33 Å². The van der Waals surface area contributed by atoms with Crippen molar-refractivity contribution in [2.75, 3.05) is 19.6 Å². The summed E-state index contributed by atoms with van der Waals surface area (Å²) in [5.41, 5.74) is 0.399. The molecular formula is C18H30N4O. The van der Waals surface area contributed by atoms with Gasteiger partial charge in [0.1, 0.15) is 0 Å². The lowest BCUT2D eigenvalue weighted by Gasteiger charge is -2.43. The Bertz CT molecular complexity index is 495. The Morgan fingerprint density at radius 2 is 2.26 bits per heavy atom. The quantitative estimate of drug-likeness (QED) is 0.875. The number of carbonyl (C=O) groups excluding carboxylic acids is 1. The fraction of sp³-hybridized carbons (Fsp3) is 0.778. The molecule has 5 nitrogen and oxygen atoms in total. The molecule has 1 aromatic rings. The van der Waals surface area contributed by atoms with Gasteiger partial charge in [-0.3, -0.25) is 0 Å². The average molecular weight is 318 g/mol. The first-order chi connectivity index (χ1) is 11.2. The predicted octanol–water partition coefficient (Wildman–Crippen LogP) is 3.28. The summed E-state index contributed by atoms with van der Waals surface area (Å²) in [4.78, 5) is 18.7. The maximum atomic E-state index is 12.5. The van der Waals surface area contributed by atoms with E-state index in [4.69, 9.17) is 0 Å². The highest BCUT2D eigenvalue weighted by Crippen LogP contribution is 2.44. The number of nitrogens with one attached hydrogen (secondary N) is 1. The minimum atomic E-state index is 0.141. The monoisotopic (exact) mass is 318 g/mol. The van der Waals surface area contributed by atoms with Gasteiger partial charge >= 0.3 is 6.03 Å². The van der Waals surface area contributed by atoms with Gasteiger partial charge in [0.15, 0.2) is 0 Å². The number of urea groups is 1. The van der Waals surface area contributed by atoms with Crippen LogP contribution in [0.2, 0.25) is 0 Å². The Morgan fingerprint density at radius 3 is 2.91 bits per heavy atom. The van der Waals surface area contributed by atoms with Crippen LogP contribution in [0.1, 0.15) is 51.9 Å². The van der Waals surface area contributed by atoms with E-state index in [2.05, 4.69) is 21.8 Å². The van der Waals surface area contributed by atoms with E-state index in [0.717, 1.165) is 32.6 Å². The summed E-state index contributed by atoms with van der Waals surface area (Å²) in [6.45, 7) is 5.83. The van der Waals surface area contributed by atoms with Gasteiger partial charge in [0.25, 0.3) is 0 Å². The van der Waals surface area contributed by atoms with Crippen LogP contribution in [-0.2, 0) is 6.54 Å². The molecule has 1 saturated carbocycles. The van der Waals surface area contributed by atoms with Gasteiger partial charge in [-0.05, 0) is 43.4 Å². The van der Waals surface area contributed by atoms with Gasteiger partial charge in [-0.15, -0.1) is 0 Å². The zero-order chi connectivity index (χ0) is 16.1. The number of likely N-dealkylation sites (tertiary alicyclic amines) is 1. The van der Waals surface area contributed by atoms with Gasteiger partial charge in [0, 0.05) is 38.6 Å². The number of piperidine rings is 1. The van der Waals surface area contributed by atoms with E-state index in [1.165, 1.54) is 38.5 Å². The normalized spacial score (nSPS) is 23.3. The van der Waals surface area contributed by atoms with Crippen molar-refractivity contribution in [2.24, 2.45) is 11.3 Å². The van der Waals surface area contributed by atoms with Crippen molar-refractivity contribution in [1.29, 1.82) is 0 Å². The Kier molecular flexibility index (Phi) is 5.23. The van der Waals surface area contributed by atoms with Crippen molar-refractivity contribution < 1.29 is 4.79 Å². The van der Waals surface area contributed by atoms with Crippen LogP contribution in [0.4, 0.5) is 4.79 Å². The molecule has 1 aliphatic heterocycles. The van der Waals surface area contributed by atoms with Crippen molar-refractivity contribution >= 4 is 6.03 Å². The third-order valence-corrected chi connectivity index (χ3v) is 5.64. The molecule has 3 rings (SSSR count). The molecule has 1 aromatic heterocycles. The van der Waals surface area contributed by atoms with E-state index < -0.39 is 0 Å². The summed E-state index contributed by atoms with van der Waals surface area (Å²) in [5.74, 6) is 0.539. The van der Waals surface area contributed by atoms with E-state index >= 15 is 0 Å². The first-order valence-corrected chi connectivity index (χ1v) is 9.19. The van der Waals surface area contributed by atoms with Gasteiger partial charge in [-0.2, -0.15) is 0 Å². The Labute approximate surface area is 139 Å². The number of rotatable bonds is 6. The first kappa shape index (κ1) is 16.3. The van der Waals surface area contributed by atoms with Gasteiger partial charge in [-0.1, -0.05) is 19.8 Å². The van der Waals surface area contributed by atoms with Crippen LogP contribution in [0, 0.1) is 11.3 Å². The van der Waals surface area contributed by atoms with Crippen molar-refractivity contribution in [2.45, 2.75) is 58.4 Å². The molecule has 0 bridgehead atoms. The number of amides is 2. The highest BCUT2D eigenvalue weighted by Gasteiger charge is 2.36. The molecule has 2 aliphatic rings. The smallest absolute Gasteiger partial charge is 0.317 e.